The first-order valence-electron chi connectivity index (χ1n) is 8.05. The summed E-state index contributed by atoms with van der Waals surface area (Å²) in [5.74, 6) is 0. The monoisotopic (exact) mass is 267 g/mol. The molecule has 0 radical (unpaired) electrons. The van der Waals surface area contributed by atoms with Gasteiger partial charge in [0.2, 0.25) is 0 Å². The van der Waals surface area contributed by atoms with Crippen LogP contribution in [0.1, 0.15) is 55.3 Å². The Kier molecular flexibility index (Phi) is 4.07. The first kappa shape index (κ1) is 13.6. The lowest BCUT2D eigenvalue weighted by Gasteiger charge is -2.21. The second-order valence-electron chi connectivity index (χ2n) is 6.06. The standard InChI is InChI=1S/C19H25N/c1-3-12-20-19-11-7-6-10-17-16-9-5-4-8-15(16)14(2)13-18(17)19/h4-5,8-9,13,19-20H,3,6-7,10-12H2,1-2H3. The number of aryl methyl sites for hydroxylation is 2. The maximum atomic E-state index is 3.76. The molecule has 3 rings (SSSR count). The van der Waals surface area contributed by atoms with Crippen molar-refractivity contribution < 1.29 is 0 Å². The maximum Gasteiger partial charge on any atom is 0.0323 e. The van der Waals surface area contributed by atoms with Crippen LogP contribution >= 0.6 is 0 Å². The minimum atomic E-state index is 0.552. The molecule has 1 unspecified atom stereocenters. The molecule has 106 valence electrons. The van der Waals surface area contributed by atoms with E-state index < -0.39 is 0 Å². The molecule has 0 saturated heterocycles. The molecule has 2 aromatic rings. The highest BCUT2D eigenvalue weighted by Gasteiger charge is 2.20. The van der Waals surface area contributed by atoms with E-state index in [0.29, 0.717) is 6.04 Å². The summed E-state index contributed by atoms with van der Waals surface area (Å²) >= 11 is 0. The van der Waals surface area contributed by atoms with Gasteiger partial charge in [0.25, 0.3) is 0 Å². The molecule has 0 spiro atoms. The molecular weight excluding hydrogens is 242 g/mol. The third-order valence-corrected chi connectivity index (χ3v) is 4.58. The third-order valence-electron chi connectivity index (χ3n) is 4.58. The summed E-state index contributed by atoms with van der Waals surface area (Å²) in [6.07, 6.45) is 6.39. The van der Waals surface area contributed by atoms with Crippen molar-refractivity contribution in [2.24, 2.45) is 0 Å². The van der Waals surface area contributed by atoms with E-state index in [-0.39, 0.29) is 0 Å². The number of hydrogen-bond donors (Lipinski definition) is 1. The number of fused-ring (bicyclic) bond motifs is 3. The Balaban J connectivity index is 2.13. The molecule has 1 N–H and O–H groups in total. The van der Waals surface area contributed by atoms with E-state index in [4.69, 9.17) is 0 Å². The van der Waals surface area contributed by atoms with Crippen LogP contribution < -0.4 is 5.32 Å². The number of hydrogen-bond acceptors (Lipinski definition) is 1. The van der Waals surface area contributed by atoms with Crippen molar-refractivity contribution in [3.05, 3.63) is 47.0 Å². The van der Waals surface area contributed by atoms with Gasteiger partial charge >= 0.3 is 0 Å². The van der Waals surface area contributed by atoms with E-state index in [0.717, 1.165) is 6.54 Å². The fourth-order valence-electron chi connectivity index (χ4n) is 3.57. The van der Waals surface area contributed by atoms with Gasteiger partial charge in [-0.15, -0.1) is 0 Å². The predicted molar refractivity (Wildman–Crippen MR) is 87.3 cm³/mol. The van der Waals surface area contributed by atoms with E-state index in [1.807, 2.05) is 0 Å². The third kappa shape index (κ3) is 2.47. The van der Waals surface area contributed by atoms with Crippen LogP contribution in [0.3, 0.4) is 0 Å². The first-order valence-corrected chi connectivity index (χ1v) is 8.05. The molecule has 0 aliphatic heterocycles. The molecule has 1 atom stereocenters. The van der Waals surface area contributed by atoms with Gasteiger partial charge in [-0.25, -0.2) is 0 Å². The Morgan fingerprint density at radius 1 is 1.15 bits per heavy atom. The summed E-state index contributed by atoms with van der Waals surface area (Å²) in [5, 5.41) is 6.67. The molecule has 0 aromatic heterocycles. The highest BCUT2D eigenvalue weighted by Crippen LogP contribution is 2.35. The van der Waals surface area contributed by atoms with Crippen molar-refractivity contribution in [3.8, 4) is 0 Å². The van der Waals surface area contributed by atoms with Crippen molar-refractivity contribution in [1.82, 2.24) is 5.32 Å². The lowest BCUT2D eigenvalue weighted by atomic mass is 9.90. The lowest BCUT2D eigenvalue weighted by molar-refractivity contribution is 0.489. The summed E-state index contributed by atoms with van der Waals surface area (Å²) < 4.78 is 0. The number of rotatable bonds is 3. The maximum absolute atomic E-state index is 3.76. The van der Waals surface area contributed by atoms with E-state index in [1.165, 1.54) is 48.4 Å². The Morgan fingerprint density at radius 2 is 1.95 bits per heavy atom. The van der Waals surface area contributed by atoms with Crippen molar-refractivity contribution >= 4 is 10.8 Å². The Hall–Kier alpha value is -1.34. The van der Waals surface area contributed by atoms with E-state index in [1.54, 1.807) is 11.1 Å². The van der Waals surface area contributed by atoms with Gasteiger partial charge in [0.05, 0.1) is 0 Å². The summed E-state index contributed by atoms with van der Waals surface area (Å²) in [5.41, 5.74) is 4.58. The molecule has 1 nitrogen and oxygen atoms in total. The smallest absolute Gasteiger partial charge is 0.0323 e. The topological polar surface area (TPSA) is 12.0 Å². The molecule has 20 heavy (non-hydrogen) atoms. The van der Waals surface area contributed by atoms with Gasteiger partial charge in [0.15, 0.2) is 0 Å². The van der Waals surface area contributed by atoms with Crippen LogP contribution in [0.25, 0.3) is 10.8 Å². The van der Waals surface area contributed by atoms with Crippen LogP contribution in [0.5, 0.6) is 0 Å². The van der Waals surface area contributed by atoms with E-state index in [9.17, 15) is 0 Å². The average Bonchev–Trinajstić information content (AvgIpc) is 2.68. The van der Waals surface area contributed by atoms with Crippen LogP contribution in [0.15, 0.2) is 30.3 Å². The van der Waals surface area contributed by atoms with Gasteiger partial charge in [-0.05, 0) is 66.6 Å². The lowest BCUT2D eigenvalue weighted by Crippen LogP contribution is -2.22. The number of benzene rings is 2. The second kappa shape index (κ2) is 5.97. The van der Waals surface area contributed by atoms with Gasteiger partial charge < -0.3 is 5.32 Å². The van der Waals surface area contributed by atoms with Gasteiger partial charge in [0.1, 0.15) is 0 Å². The predicted octanol–water partition coefficient (Wildman–Crippen LogP) is 4.92. The minimum absolute atomic E-state index is 0.552. The van der Waals surface area contributed by atoms with Gasteiger partial charge in [0, 0.05) is 6.04 Å². The molecule has 1 heteroatoms. The van der Waals surface area contributed by atoms with Crippen molar-refractivity contribution in [3.63, 3.8) is 0 Å². The highest BCUT2D eigenvalue weighted by atomic mass is 14.9. The molecule has 1 aliphatic rings. The van der Waals surface area contributed by atoms with Crippen LogP contribution in [0, 0.1) is 6.92 Å². The van der Waals surface area contributed by atoms with Crippen LogP contribution in [0.4, 0.5) is 0 Å². The summed E-state index contributed by atoms with van der Waals surface area (Å²) in [6, 6.07) is 11.9. The normalized spacial score (nSPS) is 18.8. The zero-order chi connectivity index (χ0) is 13.9. The fourth-order valence-corrected chi connectivity index (χ4v) is 3.57. The highest BCUT2D eigenvalue weighted by molar-refractivity contribution is 5.89. The van der Waals surface area contributed by atoms with Gasteiger partial charge in [-0.2, -0.15) is 0 Å². The zero-order valence-corrected chi connectivity index (χ0v) is 12.7. The Morgan fingerprint density at radius 3 is 2.75 bits per heavy atom. The average molecular weight is 267 g/mol. The summed E-state index contributed by atoms with van der Waals surface area (Å²) in [4.78, 5) is 0. The van der Waals surface area contributed by atoms with Gasteiger partial charge in [-0.1, -0.05) is 43.7 Å². The molecule has 0 fully saturated rings. The van der Waals surface area contributed by atoms with Crippen LogP contribution in [-0.2, 0) is 6.42 Å². The summed E-state index contributed by atoms with van der Waals surface area (Å²) in [7, 11) is 0. The quantitative estimate of drug-likeness (QED) is 0.779. The molecule has 1 aliphatic carbocycles. The van der Waals surface area contributed by atoms with Crippen LogP contribution in [-0.4, -0.2) is 6.54 Å². The Labute approximate surface area is 122 Å². The van der Waals surface area contributed by atoms with E-state index >= 15 is 0 Å². The molecule has 2 aromatic carbocycles. The minimum Gasteiger partial charge on any atom is -0.310 e. The van der Waals surface area contributed by atoms with Crippen molar-refractivity contribution in [2.75, 3.05) is 6.54 Å². The van der Waals surface area contributed by atoms with E-state index in [2.05, 4.69) is 49.5 Å². The number of nitrogens with one attached hydrogen (secondary N) is 1. The van der Waals surface area contributed by atoms with Gasteiger partial charge in [-0.3, -0.25) is 0 Å². The first-order chi connectivity index (χ1) is 9.81. The molecular formula is C19H25N. The summed E-state index contributed by atoms with van der Waals surface area (Å²) in [6.45, 7) is 5.62. The molecule has 0 amide bonds. The molecule has 0 bridgehead atoms. The SMILES string of the molecule is CCCNC1CCCCc2c1cc(C)c1ccccc21. The largest absolute Gasteiger partial charge is 0.310 e. The Bertz CT molecular complexity index is 600. The van der Waals surface area contributed by atoms with Crippen LogP contribution in [0.2, 0.25) is 0 Å². The zero-order valence-electron chi connectivity index (χ0n) is 12.7. The van der Waals surface area contributed by atoms with Crippen molar-refractivity contribution in [2.45, 2.75) is 52.0 Å². The fraction of sp³-hybridized carbons (Fsp3) is 0.474. The second-order valence-corrected chi connectivity index (χ2v) is 6.06. The molecule has 0 saturated carbocycles. The molecule has 0 heterocycles. The van der Waals surface area contributed by atoms with Crippen molar-refractivity contribution in [1.29, 1.82) is 0 Å².